The molecule has 0 saturated carbocycles. The predicted molar refractivity (Wildman–Crippen MR) is 76.5 cm³/mol. The molecule has 2 aromatic rings. The van der Waals surface area contributed by atoms with Gasteiger partial charge in [0.05, 0.1) is 4.92 Å². The lowest BCUT2D eigenvalue weighted by molar-refractivity contribution is -0.385. The van der Waals surface area contributed by atoms with Crippen LogP contribution in [0.1, 0.15) is 5.56 Å². The molecule has 0 heterocycles. The molecule has 2 rings (SSSR count). The van der Waals surface area contributed by atoms with Gasteiger partial charge >= 0.3 is 5.69 Å². The largest absolute Gasteiger partial charge is 0.482 e. The average Bonchev–Trinajstić information content (AvgIpc) is 2.39. The highest BCUT2D eigenvalue weighted by atomic mass is 79.9. The van der Waals surface area contributed by atoms with Crippen LogP contribution in [0, 0.1) is 15.9 Å². The quantitative estimate of drug-likeness (QED) is 0.585. The maximum absolute atomic E-state index is 13.5. The zero-order valence-electron chi connectivity index (χ0n) is 9.98. The summed E-state index contributed by atoms with van der Waals surface area (Å²) in [5.74, 6) is -0.445. The summed E-state index contributed by atoms with van der Waals surface area (Å²) in [5.41, 5.74) is 0.0680. The molecule has 0 atom stereocenters. The topological polar surface area (TPSA) is 52.4 Å². The van der Waals surface area contributed by atoms with Crippen LogP contribution in [0.15, 0.2) is 40.9 Å². The van der Waals surface area contributed by atoms with E-state index in [4.69, 9.17) is 16.3 Å². The Balaban J connectivity index is 2.24. The molecule has 0 unspecified atom stereocenters. The maximum Gasteiger partial charge on any atom is 0.311 e. The molecule has 4 nitrogen and oxygen atoms in total. The number of nitro benzene ring substituents is 1. The Morgan fingerprint density at radius 1 is 1.30 bits per heavy atom. The number of ether oxygens (including phenoxy) is 1. The number of nitro groups is 1. The van der Waals surface area contributed by atoms with Crippen molar-refractivity contribution >= 4 is 33.2 Å². The summed E-state index contributed by atoms with van der Waals surface area (Å²) < 4.78 is 19.6. The maximum atomic E-state index is 13.5. The van der Waals surface area contributed by atoms with Crippen molar-refractivity contribution in [3.05, 3.63) is 67.4 Å². The number of nitrogens with zero attached hydrogens (tertiary/aromatic N) is 1. The Hall–Kier alpha value is -1.66. The van der Waals surface area contributed by atoms with Crippen molar-refractivity contribution in [3.8, 4) is 5.75 Å². The van der Waals surface area contributed by atoms with Crippen molar-refractivity contribution in [1.82, 2.24) is 0 Å². The van der Waals surface area contributed by atoms with Crippen LogP contribution in [-0.4, -0.2) is 4.92 Å². The van der Waals surface area contributed by atoms with E-state index in [2.05, 4.69) is 15.9 Å². The zero-order chi connectivity index (χ0) is 14.7. The summed E-state index contributed by atoms with van der Waals surface area (Å²) >= 11 is 9.00. The van der Waals surface area contributed by atoms with Gasteiger partial charge in [0, 0.05) is 27.2 Å². The Bertz CT molecular complexity index is 666. The molecule has 0 bridgehead atoms. The monoisotopic (exact) mass is 359 g/mol. The second kappa shape index (κ2) is 6.19. The summed E-state index contributed by atoms with van der Waals surface area (Å²) in [6, 6.07) is 8.36. The number of hydrogen-bond donors (Lipinski definition) is 0. The molecule has 0 radical (unpaired) electrons. The molecule has 0 aromatic heterocycles. The van der Waals surface area contributed by atoms with Crippen LogP contribution in [0.5, 0.6) is 5.75 Å². The molecule has 0 fully saturated rings. The van der Waals surface area contributed by atoms with Gasteiger partial charge in [0.25, 0.3) is 0 Å². The van der Waals surface area contributed by atoms with E-state index < -0.39 is 10.7 Å². The van der Waals surface area contributed by atoms with Gasteiger partial charge in [-0.15, -0.1) is 0 Å². The van der Waals surface area contributed by atoms with Crippen LogP contribution in [0.4, 0.5) is 10.1 Å². The summed E-state index contributed by atoms with van der Waals surface area (Å²) in [5, 5.41) is 11.2. The molecule has 0 N–H and O–H groups in total. The molecule has 0 aliphatic rings. The molecule has 0 amide bonds. The summed E-state index contributed by atoms with van der Waals surface area (Å²) in [4.78, 5) is 10.3. The zero-order valence-corrected chi connectivity index (χ0v) is 12.3. The normalized spacial score (nSPS) is 10.3. The van der Waals surface area contributed by atoms with Gasteiger partial charge in [0.15, 0.2) is 5.75 Å². The smallest absolute Gasteiger partial charge is 0.311 e. The molecule has 0 aliphatic carbocycles. The van der Waals surface area contributed by atoms with Crippen molar-refractivity contribution in [2.75, 3.05) is 0 Å². The molecule has 0 aliphatic heterocycles. The van der Waals surface area contributed by atoms with Gasteiger partial charge in [-0.05, 0) is 24.3 Å². The van der Waals surface area contributed by atoms with Gasteiger partial charge in [-0.3, -0.25) is 10.1 Å². The molecule has 2 aromatic carbocycles. The third-order valence-electron chi connectivity index (χ3n) is 2.51. The molecular weight excluding hydrogens is 353 g/mol. The molecule has 0 spiro atoms. The summed E-state index contributed by atoms with van der Waals surface area (Å²) in [6.07, 6.45) is 0. The Morgan fingerprint density at radius 2 is 2.05 bits per heavy atom. The Morgan fingerprint density at radius 3 is 2.75 bits per heavy atom. The lowest BCUT2D eigenvalue weighted by atomic mass is 10.2. The van der Waals surface area contributed by atoms with E-state index in [0.717, 1.165) is 0 Å². The summed E-state index contributed by atoms with van der Waals surface area (Å²) in [7, 11) is 0. The minimum atomic E-state index is -0.580. The number of rotatable bonds is 4. The molecular formula is C13H8BrClFNO3. The predicted octanol–water partition coefficient (Wildman–Crippen LogP) is 4.73. The van der Waals surface area contributed by atoms with E-state index in [-0.39, 0.29) is 23.6 Å². The van der Waals surface area contributed by atoms with E-state index >= 15 is 0 Å². The highest BCUT2D eigenvalue weighted by molar-refractivity contribution is 9.10. The van der Waals surface area contributed by atoms with E-state index in [0.29, 0.717) is 9.50 Å². The highest BCUT2D eigenvalue weighted by Gasteiger charge is 2.16. The van der Waals surface area contributed by atoms with E-state index in [1.807, 2.05) is 0 Å². The van der Waals surface area contributed by atoms with Crippen molar-refractivity contribution in [3.63, 3.8) is 0 Å². The van der Waals surface area contributed by atoms with Gasteiger partial charge in [-0.2, -0.15) is 0 Å². The second-order valence-electron chi connectivity index (χ2n) is 3.89. The third-order valence-corrected chi connectivity index (χ3v) is 3.24. The molecule has 20 heavy (non-hydrogen) atoms. The molecule has 0 saturated heterocycles. The number of benzene rings is 2. The van der Waals surface area contributed by atoms with Crippen LogP contribution in [0.25, 0.3) is 0 Å². The van der Waals surface area contributed by atoms with Gasteiger partial charge in [0.1, 0.15) is 12.4 Å². The van der Waals surface area contributed by atoms with Gasteiger partial charge < -0.3 is 4.74 Å². The van der Waals surface area contributed by atoms with Gasteiger partial charge in [-0.1, -0.05) is 27.5 Å². The third kappa shape index (κ3) is 3.46. The first kappa shape index (κ1) is 14.7. The van der Waals surface area contributed by atoms with Gasteiger partial charge in [0.2, 0.25) is 0 Å². The number of hydrogen-bond acceptors (Lipinski definition) is 3. The van der Waals surface area contributed by atoms with E-state index in [1.165, 1.54) is 24.3 Å². The van der Waals surface area contributed by atoms with Crippen LogP contribution in [-0.2, 0) is 6.61 Å². The van der Waals surface area contributed by atoms with E-state index in [9.17, 15) is 14.5 Å². The standard InChI is InChI=1S/C13H8BrClFNO3/c14-9-1-3-11(16)8(5-9)7-20-13-6-10(15)2-4-12(13)17(18)19/h1-6H,7H2. The van der Waals surface area contributed by atoms with Crippen molar-refractivity contribution < 1.29 is 14.1 Å². The average molecular weight is 361 g/mol. The van der Waals surface area contributed by atoms with Crippen molar-refractivity contribution in [1.29, 1.82) is 0 Å². The first-order valence-corrected chi connectivity index (χ1v) is 6.65. The van der Waals surface area contributed by atoms with Crippen LogP contribution < -0.4 is 4.74 Å². The van der Waals surface area contributed by atoms with Crippen LogP contribution in [0.3, 0.4) is 0 Å². The first-order chi connectivity index (χ1) is 9.47. The fourth-order valence-corrected chi connectivity index (χ4v) is 2.13. The second-order valence-corrected chi connectivity index (χ2v) is 5.25. The first-order valence-electron chi connectivity index (χ1n) is 5.48. The molecule has 104 valence electrons. The van der Waals surface area contributed by atoms with E-state index in [1.54, 1.807) is 12.1 Å². The minimum absolute atomic E-state index is 0.00174. The number of halogens is 3. The van der Waals surface area contributed by atoms with Crippen LogP contribution >= 0.6 is 27.5 Å². The lowest BCUT2D eigenvalue weighted by Gasteiger charge is -2.08. The fourth-order valence-electron chi connectivity index (χ4n) is 1.56. The highest BCUT2D eigenvalue weighted by Crippen LogP contribution is 2.31. The summed E-state index contributed by atoms with van der Waals surface area (Å²) in [6.45, 7) is -0.132. The Labute approximate surface area is 127 Å². The molecule has 7 heteroatoms. The fraction of sp³-hybridized carbons (Fsp3) is 0.0769. The lowest BCUT2D eigenvalue weighted by Crippen LogP contribution is -2.01. The SMILES string of the molecule is O=[N+]([O-])c1ccc(Cl)cc1OCc1cc(Br)ccc1F. The van der Waals surface area contributed by atoms with Crippen molar-refractivity contribution in [2.45, 2.75) is 6.61 Å². The van der Waals surface area contributed by atoms with Crippen LogP contribution in [0.2, 0.25) is 5.02 Å². The van der Waals surface area contributed by atoms with Gasteiger partial charge in [-0.25, -0.2) is 4.39 Å². The Kier molecular flexibility index (Phi) is 4.57. The minimum Gasteiger partial charge on any atom is -0.482 e. The van der Waals surface area contributed by atoms with Crippen molar-refractivity contribution in [2.24, 2.45) is 0 Å².